The minimum absolute atomic E-state index is 0.00421. The molecule has 3 unspecified atom stereocenters. The van der Waals surface area contributed by atoms with Crippen molar-refractivity contribution in [3.63, 3.8) is 0 Å². The summed E-state index contributed by atoms with van der Waals surface area (Å²) in [4.78, 5) is 11.9. The van der Waals surface area contributed by atoms with Crippen molar-refractivity contribution >= 4 is 5.91 Å². The van der Waals surface area contributed by atoms with Crippen LogP contribution >= 0.6 is 0 Å². The third kappa shape index (κ3) is 3.78. The topological polar surface area (TPSA) is 55.1 Å². The van der Waals surface area contributed by atoms with Gasteiger partial charge >= 0.3 is 0 Å². The van der Waals surface area contributed by atoms with Crippen molar-refractivity contribution in [2.24, 2.45) is 17.6 Å². The number of rotatable bonds is 4. The molecule has 94 valence electrons. The van der Waals surface area contributed by atoms with Crippen LogP contribution in [0.2, 0.25) is 0 Å². The average Bonchev–Trinajstić information content (AvgIpc) is 2.46. The van der Waals surface area contributed by atoms with Gasteiger partial charge in [-0.05, 0) is 25.2 Å². The molecule has 0 heterocycles. The molecule has 0 aromatic carbocycles. The van der Waals surface area contributed by atoms with Gasteiger partial charge in [0, 0.05) is 18.5 Å². The predicted octanol–water partition coefficient (Wildman–Crippen LogP) is 2.06. The van der Waals surface area contributed by atoms with Crippen LogP contribution in [0.4, 0.5) is 0 Å². The molecule has 0 aromatic heterocycles. The van der Waals surface area contributed by atoms with Crippen LogP contribution < -0.4 is 11.1 Å². The molecule has 1 fully saturated rings. The van der Waals surface area contributed by atoms with E-state index in [4.69, 9.17) is 5.73 Å². The molecule has 1 aliphatic carbocycles. The molecule has 1 amide bonds. The number of carbonyl (C=O) groups is 1. The zero-order valence-electron chi connectivity index (χ0n) is 10.7. The normalized spacial score (nSPS) is 28.2. The van der Waals surface area contributed by atoms with Crippen molar-refractivity contribution in [1.82, 2.24) is 5.32 Å². The Labute approximate surface area is 99.2 Å². The van der Waals surface area contributed by atoms with Crippen molar-refractivity contribution < 1.29 is 4.79 Å². The average molecular weight is 226 g/mol. The molecule has 0 aliphatic heterocycles. The van der Waals surface area contributed by atoms with Crippen LogP contribution in [0, 0.1) is 11.8 Å². The van der Waals surface area contributed by atoms with Gasteiger partial charge in [-0.3, -0.25) is 4.79 Å². The quantitative estimate of drug-likeness (QED) is 0.721. The molecule has 3 atom stereocenters. The van der Waals surface area contributed by atoms with Gasteiger partial charge in [0.15, 0.2) is 0 Å². The number of hydrogen-bond acceptors (Lipinski definition) is 2. The second kappa shape index (κ2) is 6.89. The van der Waals surface area contributed by atoms with E-state index in [0.717, 1.165) is 12.8 Å². The van der Waals surface area contributed by atoms with Gasteiger partial charge in [-0.2, -0.15) is 0 Å². The summed E-state index contributed by atoms with van der Waals surface area (Å²) < 4.78 is 0. The van der Waals surface area contributed by atoms with Gasteiger partial charge in [-0.25, -0.2) is 0 Å². The Kier molecular flexibility index (Phi) is 5.81. The molecule has 1 saturated carbocycles. The fourth-order valence-electron chi connectivity index (χ4n) is 2.47. The van der Waals surface area contributed by atoms with E-state index in [2.05, 4.69) is 12.2 Å². The van der Waals surface area contributed by atoms with Crippen LogP contribution in [-0.2, 0) is 4.79 Å². The van der Waals surface area contributed by atoms with Crippen LogP contribution in [0.3, 0.4) is 0 Å². The van der Waals surface area contributed by atoms with E-state index in [9.17, 15) is 4.79 Å². The van der Waals surface area contributed by atoms with Gasteiger partial charge in [0.25, 0.3) is 0 Å². The standard InChI is InChI=1S/C13H26N2O/c1-3-11(9-14)13(16)15-12-8-6-4-5-7-10(12)2/h10-12H,3-9,14H2,1-2H3,(H,15,16). The zero-order chi connectivity index (χ0) is 12.0. The molecule has 0 aromatic rings. The fourth-order valence-corrected chi connectivity index (χ4v) is 2.47. The highest BCUT2D eigenvalue weighted by molar-refractivity contribution is 5.79. The molecular weight excluding hydrogens is 200 g/mol. The summed E-state index contributed by atoms with van der Waals surface area (Å²) in [6.07, 6.45) is 7.07. The largest absolute Gasteiger partial charge is 0.353 e. The molecule has 3 heteroatoms. The van der Waals surface area contributed by atoms with E-state index in [1.165, 1.54) is 25.7 Å². The Morgan fingerprint density at radius 3 is 2.69 bits per heavy atom. The van der Waals surface area contributed by atoms with Crippen LogP contribution in [0.25, 0.3) is 0 Å². The van der Waals surface area contributed by atoms with Gasteiger partial charge in [0.05, 0.1) is 0 Å². The first kappa shape index (κ1) is 13.5. The lowest BCUT2D eigenvalue weighted by molar-refractivity contribution is -0.125. The lowest BCUT2D eigenvalue weighted by Crippen LogP contribution is -2.43. The number of nitrogens with two attached hydrogens (primary N) is 1. The van der Waals surface area contributed by atoms with E-state index in [0.29, 0.717) is 18.5 Å². The highest BCUT2D eigenvalue weighted by Crippen LogP contribution is 2.23. The minimum atomic E-state index is -0.00421. The van der Waals surface area contributed by atoms with Crippen LogP contribution in [0.5, 0.6) is 0 Å². The summed E-state index contributed by atoms with van der Waals surface area (Å²) in [7, 11) is 0. The molecule has 1 aliphatic rings. The van der Waals surface area contributed by atoms with E-state index >= 15 is 0 Å². The summed E-state index contributed by atoms with van der Waals surface area (Å²) in [6, 6.07) is 0.371. The first-order valence-electron chi connectivity index (χ1n) is 6.69. The maximum atomic E-state index is 11.9. The Morgan fingerprint density at radius 2 is 2.06 bits per heavy atom. The van der Waals surface area contributed by atoms with Crippen molar-refractivity contribution in [1.29, 1.82) is 0 Å². The maximum absolute atomic E-state index is 11.9. The molecule has 0 radical (unpaired) electrons. The third-order valence-corrected chi connectivity index (χ3v) is 3.84. The highest BCUT2D eigenvalue weighted by atomic mass is 16.1. The van der Waals surface area contributed by atoms with Crippen molar-refractivity contribution in [2.45, 2.75) is 58.4 Å². The lowest BCUT2D eigenvalue weighted by atomic mass is 9.95. The second-order valence-corrected chi connectivity index (χ2v) is 5.07. The molecular formula is C13H26N2O. The fraction of sp³-hybridized carbons (Fsp3) is 0.923. The number of hydrogen-bond donors (Lipinski definition) is 2. The first-order valence-corrected chi connectivity index (χ1v) is 6.69. The summed E-state index contributed by atoms with van der Waals surface area (Å²) in [5.74, 6) is 0.765. The molecule has 0 saturated heterocycles. The van der Waals surface area contributed by atoms with Gasteiger partial charge in [-0.1, -0.05) is 33.1 Å². The van der Waals surface area contributed by atoms with E-state index in [-0.39, 0.29) is 11.8 Å². The molecule has 1 rings (SSSR count). The van der Waals surface area contributed by atoms with Crippen molar-refractivity contribution in [3.05, 3.63) is 0 Å². The molecule has 3 N–H and O–H groups in total. The Bertz CT molecular complexity index is 214. The Balaban J connectivity index is 2.47. The number of carbonyl (C=O) groups excluding carboxylic acids is 1. The monoisotopic (exact) mass is 226 g/mol. The predicted molar refractivity (Wildman–Crippen MR) is 67.0 cm³/mol. The van der Waals surface area contributed by atoms with Gasteiger partial charge < -0.3 is 11.1 Å². The smallest absolute Gasteiger partial charge is 0.224 e. The molecule has 16 heavy (non-hydrogen) atoms. The van der Waals surface area contributed by atoms with Crippen molar-refractivity contribution in [3.8, 4) is 0 Å². The third-order valence-electron chi connectivity index (χ3n) is 3.84. The Hall–Kier alpha value is -0.570. The van der Waals surface area contributed by atoms with Gasteiger partial charge in [0.2, 0.25) is 5.91 Å². The molecule has 0 spiro atoms. The first-order chi connectivity index (χ1) is 7.69. The van der Waals surface area contributed by atoms with E-state index in [1.54, 1.807) is 0 Å². The molecule has 0 bridgehead atoms. The van der Waals surface area contributed by atoms with Crippen molar-refractivity contribution in [2.75, 3.05) is 6.54 Å². The summed E-state index contributed by atoms with van der Waals surface area (Å²) in [6.45, 7) is 4.73. The summed E-state index contributed by atoms with van der Waals surface area (Å²) in [5.41, 5.74) is 5.59. The minimum Gasteiger partial charge on any atom is -0.353 e. The van der Waals surface area contributed by atoms with Gasteiger partial charge in [-0.15, -0.1) is 0 Å². The number of nitrogens with one attached hydrogen (secondary N) is 1. The van der Waals surface area contributed by atoms with Gasteiger partial charge in [0.1, 0.15) is 0 Å². The molecule has 3 nitrogen and oxygen atoms in total. The maximum Gasteiger partial charge on any atom is 0.224 e. The highest BCUT2D eigenvalue weighted by Gasteiger charge is 2.24. The van der Waals surface area contributed by atoms with Crippen LogP contribution in [0.15, 0.2) is 0 Å². The zero-order valence-corrected chi connectivity index (χ0v) is 10.7. The lowest BCUT2D eigenvalue weighted by Gasteiger charge is -2.25. The van der Waals surface area contributed by atoms with E-state index < -0.39 is 0 Å². The summed E-state index contributed by atoms with van der Waals surface area (Å²) >= 11 is 0. The number of amides is 1. The summed E-state index contributed by atoms with van der Waals surface area (Å²) in [5, 5.41) is 3.19. The van der Waals surface area contributed by atoms with E-state index in [1.807, 2.05) is 6.92 Å². The van der Waals surface area contributed by atoms with Crippen LogP contribution in [-0.4, -0.2) is 18.5 Å². The second-order valence-electron chi connectivity index (χ2n) is 5.07. The SMILES string of the molecule is CCC(CN)C(=O)NC1CCCCCC1C. The van der Waals surface area contributed by atoms with Crippen LogP contribution in [0.1, 0.15) is 52.4 Å². The Morgan fingerprint density at radius 1 is 1.38 bits per heavy atom.